The van der Waals surface area contributed by atoms with Gasteiger partial charge in [0.25, 0.3) is 0 Å². The summed E-state index contributed by atoms with van der Waals surface area (Å²) in [5, 5.41) is 9.98. The first-order valence-electron chi connectivity index (χ1n) is 4.21. The molecule has 0 saturated heterocycles. The molecule has 1 rings (SSSR count). The molecule has 1 aromatic rings. The van der Waals surface area contributed by atoms with Crippen LogP contribution in [-0.2, 0) is 21.2 Å². The molecular weight excluding hydrogens is 168 g/mol. The minimum atomic E-state index is -0.214. The summed E-state index contributed by atoms with van der Waals surface area (Å²) in [6, 6.07) is 9.83. The first-order valence-corrected chi connectivity index (χ1v) is 4.21. The summed E-state index contributed by atoms with van der Waals surface area (Å²) in [6.07, 6.45) is 0. The van der Waals surface area contributed by atoms with Gasteiger partial charge in [0.1, 0.15) is 13.4 Å². The molecule has 0 fully saturated rings. The molecule has 0 aliphatic rings. The molecule has 0 spiro atoms. The molecule has 0 bridgehead atoms. The maximum Gasteiger partial charge on any atom is 0.147 e. The van der Waals surface area contributed by atoms with Crippen LogP contribution in [0.5, 0.6) is 0 Å². The number of benzene rings is 1. The van der Waals surface area contributed by atoms with Gasteiger partial charge in [0.05, 0.1) is 13.2 Å². The summed E-state index contributed by atoms with van der Waals surface area (Å²) in [4.78, 5) is 0. The third-order valence-corrected chi connectivity index (χ3v) is 1.51. The summed E-state index contributed by atoms with van der Waals surface area (Å²) in [6.45, 7) is 0.723. The van der Waals surface area contributed by atoms with Crippen LogP contribution >= 0.6 is 0 Å². The van der Waals surface area contributed by atoms with Crippen LogP contribution in [0.3, 0.4) is 0 Å². The van der Waals surface area contributed by atoms with Crippen molar-refractivity contribution in [2.75, 3.05) is 20.0 Å². The Morgan fingerprint density at radius 3 is 2.54 bits per heavy atom. The quantitative estimate of drug-likeness (QED) is 0.494. The van der Waals surface area contributed by atoms with Crippen molar-refractivity contribution in [1.82, 2.24) is 0 Å². The van der Waals surface area contributed by atoms with Crippen molar-refractivity contribution < 1.29 is 14.6 Å². The lowest BCUT2D eigenvalue weighted by Crippen LogP contribution is -2.03. The lowest BCUT2D eigenvalue weighted by atomic mass is 10.2. The molecule has 0 saturated carbocycles. The van der Waals surface area contributed by atoms with E-state index in [9.17, 15) is 5.11 Å². The SMILES string of the molecule is [O]CCOCOCc1ccccc1. The Bertz CT molecular complexity index is 211. The van der Waals surface area contributed by atoms with Crippen LogP contribution in [0.2, 0.25) is 0 Å². The lowest BCUT2D eigenvalue weighted by Gasteiger charge is -2.03. The molecule has 0 amide bonds. The van der Waals surface area contributed by atoms with E-state index in [2.05, 4.69) is 0 Å². The van der Waals surface area contributed by atoms with Crippen molar-refractivity contribution in [2.45, 2.75) is 6.61 Å². The van der Waals surface area contributed by atoms with Gasteiger partial charge in [0, 0.05) is 0 Å². The Labute approximate surface area is 77.9 Å². The van der Waals surface area contributed by atoms with Gasteiger partial charge in [0.15, 0.2) is 0 Å². The van der Waals surface area contributed by atoms with Crippen LogP contribution in [0.1, 0.15) is 5.56 Å². The zero-order valence-electron chi connectivity index (χ0n) is 7.44. The molecule has 0 aliphatic heterocycles. The first kappa shape index (κ1) is 10.2. The molecule has 0 N–H and O–H groups in total. The van der Waals surface area contributed by atoms with Crippen LogP contribution in [0.15, 0.2) is 30.3 Å². The molecule has 0 unspecified atom stereocenters. The molecule has 1 aromatic carbocycles. The molecule has 0 atom stereocenters. The van der Waals surface area contributed by atoms with Gasteiger partial charge >= 0.3 is 0 Å². The summed E-state index contributed by atoms with van der Waals surface area (Å²) in [5.74, 6) is 0. The highest BCUT2D eigenvalue weighted by molar-refractivity contribution is 5.13. The Balaban J connectivity index is 2.07. The van der Waals surface area contributed by atoms with E-state index in [1.807, 2.05) is 30.3 Å². The minimum Gasteiger partial charge on any atom is -0.353 e. The van der Waals surface area contributed by atoms with E-state index in [-0.39, 0.29) is 20.0 Å². The third-order valence-electron chi connectivity index (χ3n) is 1.51. The van der Waals surface area contributed by atoms with Gasteiger partial charge < -0.3 is 9.47 Å². The molecule has 0 aliphatic carbocycles. The van der Waals surface area contributed by atoms with Gasteiger partial charge in [-0.15, -0.1) is 0 Å². The standard InChI is InChI=1S/C10H13O3/c11-6-7-12-9-13-8-10-4-2-1-3-5-10/h1-5H,6-9H2. The Hall–Kier alpha value is -0.900. The van der Waals surface area contributed by atoms with Gasteiger partial charge in [-0.25, -0.2) is 5.11 Å². The van der Waals surface area contributed by atoms with E-state index in [0.717, 1.165) is 5.56 Å². The number of ether oxygens (including phenoxy) is 2. The van der Waals surface area contributed by atoms with Crippen LogP contribution < -0.4 is 0 Å². The lowest BCUT2D eigenvalue weighted by molar-refractivity contribution is -0.0746. The second-order valence-electron chi connectivity index (χ2n) is 2.56. The topological polar surface area (TPSA) is 38.4 Å². The maximum absolute atomic E-state index is 9.98. The monoisotopic (exact) mass is 181 g/mol. The van der Waals surface area contributed by atoms with E-state index in [1.54, 1.807) is 0 Å². The number of hydrogen-bond acceptors (Lipinski definition) is 2. The summed E-state index contributed by atoms with van der Waals surface area (Å²) < 4.78 is 10.0. The van der Waals surface area contributed by atoms with Crippen molar-refractivity contribution >= 4 is 0 Å². The van der Waals surface area contributed by atoms with E-state index in [0.29, 0.717) is 6.61 Å². The van der Waals surface area contributed by atoms with Gasteiger partial charge in [-0.3, -0.25) is 0 Å². The zero-order valence-corrected chi connectivity index (χ0v) is 7.44. The smallest absolute Gasteiger partial charge is 0.147 e. The molecule has 1 radical (unpaired) electrons. The van der Waals surface area contributed by atoms with Crippen molar-refractivity contribution in [3.8, 4) is 0 Å². The van der Waals surface area contributed by atoms with E-state index < -0.39 is 0 Å². The van der Waals surface area contributed by atoms with Crippen LogP contribution in [-0.4, -0.2) is 20.0 Å². The largest absolute Gasteiger partial charge is 0.353 e. The minimum absolute atomic E-state index is 0.192. The highest BCUT2D eigenvalue weighted by atomic mass is 16.7. The van der Waals surface area contributed by atoms with Crippen LogP contribution in [0.25, 0.3) is 0 Å². The third kappa shape index (κ3) is 4.62. The predicted octanol–water partition coefficient (Wildman–Crippen LogP) is 1.61. The summed E-state index contributed by atoms with van der Waals surface area (Å²) >= 11 is 0. The number of rotatable bonds is 6. The van der Waals surface area contributed by atoms with Crippen LogP contribution in [0.4, 0.5) is 0 Å². The molecular formula is C10H13O3. The van der Waals surface area contributed by atoms with Gasteiger partial charge in [0.2, 0.25) is 0 Å². The highest BCUT2D eigenvalue weighted by Crippen LogP contribution is 1.99. The van der Waals surface area contributed by atoms with Crippen molar-refractivity contribution in [1.29, 1.82) is 0 Å². The predicted molar refractivity (Wildman–Crippen MR) is 47.6 cm³/mol. The van der Waals surface area contributed by atoms with Gasteiger partial charge in [-0.1, -0.05) is 30.3 Å². The Morgan fingerprint density at radius 2 is 1.85 bits per heavy atom. The van der Waals surface area contributed by atoms with E-state index in [4.69, 9.17) is 9.47 Å². The van der Waals surface area contributed by atoms with Crippen molar-refractivity contribution in [3.05, 3.63) is 35.9 Å². The molecule has 0 aromatic heterocycles. The fourth-order valence-corrected chi connectivity index (χ4v) is 0.911. The highest BCUT2D eigenvalue weighted by Gasteiger charge is 1.90. The zero-order chi connectivity index (χ0) is 9.36. The summed E-state index contributed by atoms with van der Waals surface area (Å²) in [5.41, 5.74) is 1.10. The van der Waals surface area contributed by atoms with Gasteiger partial charge in [-0.2, -0.15) is 0 Å². The summed E-state index contributed by atoms with van der Waals surface area (Å²) in [7, 11) is 0. The molecule has 0 heterocycles. The first-order chi connectivity index (χ1) is 6.43. The van der Waals surface area contributed by atoms with E-state index in [1.165, 1.54) is 0 Å². The fourth-order valence-electron chi connectivity index (χ4n) is 0.911. The molecule has 13 heavy (non-hydrogen) atoms. The average molecular weight is 181 g/mol. The Kier molecular flexibility index (Phi) is 5.17. The maximum atomic E-state index is 9.98. The number of hydrogen-bond donors (Lipinski definition) is 0. The van der Waals surface area contributed by atoms with E-state index >= 15 is 0 Å². The normalized spacial score (nSPS) is 10.2. The average Bonchev–Trinajstić information content (AvgIpc) is 2.19. The van der Waals surface area contributed by atoms with Crippen LogP contribution in [0, 0.1) is 0 Å². The van der Waals surface area contributed by atoms with Crippen molar-refractivity contribution in [2.24, 2.45) is 0 Å². The molecule has 71 valence electrons. The van der Waals surface area contributed by atoms with Gasteiger partial charge in [-0.05, 0) is 5.56 Å². The second-order valence-corrected chi connectivity index (χ2v) is 2.56. The fraction of sp³-hybridized carbons (Fsp3) is 0.400. The second kappa shape index (κ2) is 6.60. The van der Waals surface area contributed by atoms with Crippen molar-refractivity contribution in [3.63, 3.8) is 0 Å². The molecule has 3 nitrogen and oxygen atoms in total. The Morgan fingerprint density at radius 1 is 1.08 bits per heavy atom. The molecule has 3 heteroatoms.